The molecule has 0 aliphatic heterocycles. The largest absolute Gasteiger partial charge is 0.346 e. The first kappa shape index (κ1) is 15.7. The Hall–Kier alpha value is -2.86. The SMILES string of the molecule is Cc1nc2ccc(NC(=O)C[C@@H](c3ccsc3)n3cccc3)cc2[nH]1. The predicted octanol–water partition coefficient (Wildman–Crippen LogP) is 4.35. The minimum absolute atomic E-state index is 0.000574. The number of hydrogen-bond acceptors (Lipinski definition) is 3. The number of benzene rings is 1. The van der Waals surface area contributed by atoms with Gasteiger partial charge in [0.15, 0.2) is 0 Å². The lowest BCUT2D eigenvalue weighted by atomic mass is 10.1. The Morgan fingerprint density at radius 2 is 2.16 bits per heavy atom. The van der Waals surface area contributed by atoms with Crippen molar-refractivity contribution < 1.29 is 4.79 Å². The van der Waals surface area contributed by atoms with E-state index in [1.165, 1.54) is 0 Å². The van der Waals surface area contributed by atoms with Gasteiger partial charge in [-0.2, -0.15) is 11.3 Å². The van der Waals surface area contributed by atoms with Crippen LogP contribution in [0.25, 0.3) is 11.0 Å². The van der Waals surface area contributed by atoms with Crippen LogP contribution in [0.2, 0.25) is 0 Å². The van der Waals surface area contributed by atoms with Gasteiger partial charge in [-0.05, 0) is 59.6 Å². The molecule has 4 rings (SSSR count). The Morgan fingerprint density at radius 1 is 1.32 bits per heavy atom. The van der Waals surface area contributed by atoms with Crippen LogP contribution in [0.5, 0.6) is 0 Å². The highest BCUT2D eigenvalue weighted by Crippen LogP contribution is 2.25. The molecule has 126 valence electrons. The van der Waals surface area contributed by atoms with E-state index in [0.717, 1.165) is 28.1 Å². The average Bonchev–Trinajstić information content (AvgIpc) is 3.33. The van der Waals surface area contributed by atoms with Crippen molar-refractivity contribution in [1.29, 1.82) is 0 Å². The Bertz CT molecular complexity index is 952. The number of aromatic nitrogens is 3. The highest BCUT2D eigenvalue weighted by Gasteiger charge is 2.18. The van der Waals surface area contributed by atoms with Gasteiger partial charge in [-0.1, -0.05) is 0 Å². The van der Waals surface area contributed by atoms with Gasteiger partial charge in [-0.25, -0.2) is 4.98 Å². The van der Waals surface area contributed by atoms with E-state index < -0.39 is 0 Å². The molecule has 0 aliphatic rings. The first-order valence-electron chi connectivity index (χ1n) is 8.10. The second-order valence-corrected chi connectivity index (χ2v) is 6.79. The van der Waals surface area contributed by atoms with Crippen molar-refractivity contribution in [3.8, 4) is 0 Å². The highest BCUT2D eigenvalue weighted by atomic mass is 32.1. The number of carbonyl (C=O) groups is 1. The maximum Gasteiger partial charge on any atom is 0.226 e. The van der Waals surface area contributed by atoms with Crippen LogP contribution in [0.15, 0.2) is 59.6 Å². The van der Waals surface area contributed by atoms with Crippen molar-refractivity contribution in [1.82, 2.24) is 14.5 Å². The summed E-state index contributed by atoms with van der Waals surface area (Å²) in [5, 5.41) is 7.14. The minimum atomic E-state index is -0.0134. The minimum Gasteiger partial charge on any atom is -0.346 e. The van der Waals surface area contributed by atoms with Gasteiger partial charge in [-0.3, -0.25) is 4.79 Å². The monoisotopic (exact) mass is 350 g/mol. The van der Waals surface area contributed by atoms with E-state index >= 15 is 0 Å². The summed E-state index contributed by atoms with van der Waals surface area (Å²) >= 11 is 1.64. The number of imidazole rings is 1. The van der Waals surface area contributed by atoms with Crippen LogP contribution in [-0.4, -0.2) is 20.4 Å². The summed E-state index contributed by atoms with van der Waals surface area (Å²) in [6, 6.07) is 11.7. The molecule has 2 N–H and O–H groups in total. The van der Waals surface area contributed by atoms with E-state index in [4.69, 9.17) is 0 Å². The number of nitrogens with one attached hydrogen (secondary N) is 2. The zero-order valence-electron chi connectivity index (χ0n) is 13.8. The Morgan fingerprint density at radius 3 is 2.92 bits per heavy atom. The van der Waals surface area contributed by atoms with Crippen LogP contribution in [0.3, 0.4) is 0 Å². The molecule has 1 aromatic carbocycles. The third-order valence-electron chi connectivity index (χ3n) is 4.18. The second-order valence-electron chi connectivity index (χ2n) is 6.01. The topological polar surface area (TPSA) is 62.7 Å². The van der Waals surface area contributed by atoms with Gasteiger partial charge in [0.25, 0.3) is 0 Å². The summed E-state index contributed by atoms with van der Waals surface area (Å²) in [6.45, 7) is 1.92. The predicted molar refractivity (Wildman–Crippen MR) is 101 cm³/mol. The number of carbonyl (C=O) groups excluding carboxylic acids is 1. The number of thiophene rings is 1. The molecule has 3 heterocycles. The molecule has 3 aromatic heterocycles. The molecule has 0 radical (unpaired) electrons. The normalized spacial score (nSPS) is 12.4. The lowest BCUT2D eigenvalue weighted by Gasteiger charge is -2.18. The van der Waals surface area contributed by atoms with Crippen molar-refractivity contribution in [2.45, 2.75) is 19.4 Å². The Balaban J connectivity index is 1.53. The van der Waals surface area contributed by atoms with Gasteiger partial charge in [0.05, 0.1) is 23.5 Å². The molecule has 0 aliphatic carbocycles. The maximum absolute atomic E-state index is 12.6. The molecule has 1 atom stereocenters. The molecule has 4 aromatic rings. The fourth-order valence-electron chi connectivity index (χ4n) is 3.02. The second kappa shape index (κ2) is 6.57. The van der Waals surface area contributed by atoms with Gasteiger partial charge in [0, 0.05) is 18.1 Å². The molecule has 0 fully saturated rings. The number of aryl methyl sites for hydroxylation is 1. The van der Waals surface area contributed by atoms with E-state index in [0.29, 0.717) is 6.42 Å². The highest BCUT2D eigenvalue weighted by molar-refractivity contribution is 7.08. The number of nitrogens with zero attached hydrogens (tertiary/aromatic N) is 2. The van der Waals surface area contributed by atoms with Crippen molar-refractivity contribution in [3.63, 3.8) is 0 Å². The summed E-state index contributed by atoms with van der Waals surface area (Å²) in [7, 11) is 0. The zero-order chi connectivity index (χ0) is 17.2. The molecular weight excluding hydrogens is 332 g/mol. The van der Waals surface area contributed by atoms with Crippen LogP contribution in [0.4, 0.5) is 5.69 Å². The number of rotatable bonds is 5. The maximum atomic E-state index is 12.6. The van der Waals surface area contributed by atoms with Gasteiger partial charge < -0.3 is 14.9 Å². The van der Waals surface area contributed by atoms with Crippen molar-refractivity contribution >= 4 is 34.0 Å². The molecule has 0 bridgehead atoms. The van der Waals surface area contributed by atoms with Crippen molar-refractivity contribution in [3.05, 3.63) is 70.9 Å². The quantitative estimate of drug-likeness (QED) is 0.562. The van der Waals surface area contributed by atoms with Gasteiger partial charge in [0.1, 0.15) is 5.82 Å². The third-order valence-corrected chi connectivity index (χ3v) is 4.88. The molecule has 0 saturated heterocycles. The van der Waals surface area contributed by atoms with Gasteiger partial charge in [-0.15, -0.1) is 0 Å². The summed E-state index contributed by atoms with van der Waals surface area (Å²) in [4.78, 5) is 20.2. The zero-order valence-corrected chi connectivity index (χ0v) is 14.6. The van der Waals surface area contributed by atoms with E-state index in [9.17, 15) is 4.79 Å². The van der Waals surface area contributed by atoms with E-state index in [1.807, 2.05) is 55.0 Å². The molecule has 0 unspecified atom stereocenters. The Kier molecular flexibility index (Phi) is 4.11. The number of hydrogen-bond donors (Lipinski definition) is 2. The summed E-state index contributed by atoms with van der Waals surface area (Å²) in [5.74, 6) is 0.851. The lowest BCUT2D eigenvalue weighted by molar-refractivity contribution is -0.116. The molecule has 0 saturated carbocycles. The standard InChI is InChI=1S/C19H18N4OS/c1-13-20-16-5-4-15(10-17(16)21-13)22-19(24)11-18(14-6-9-25-12-14)23-7-2-3-8-23/h2-10,12,18H,11H2,1H3,(H,20,21)(H,22,24)/t18-/m0/s1. The number of amides is 1. The smallest absolute Gasteiger partial charge is 0.226 e. The molecular formula is C19H18N4OS. The molecule has 0 spiro atoms. The molecule has 5 nitrogen and oxygen atoms in total. The summed E-state index contributed by atoms with van der Waals surface area (Å²) in [6.07, 6.45) is 4.37. The third kappa shape index (κ3) is 3.34. The van der Waals surface area contributed by atoms with Gasteiger partial charge >= 0.3 is 0 Å². The Labute approximate surface area is 149 Å². The average molecular weight is 350 g/mol. The van der Waals surface area contributed by atoms with Gasteiger partial charge in [0.2, 0.25) is 5.91 Å². The van der Waals surface area contributed by atoms with Crippen LogP contribution in [-0.2, 0) is 4.79 Å². The number of H-pyrrole nitrogens is 1. The fraction of sp³-hybridized carbons (Fsp3) is 0.158. The number of anilines is 1. The lowest BCUT2D eigenvalue weighted by Crippen LogP contribution is -2.19. The first-order valence-corrected chi connectivity index (χ1v) is 9.04. The van der Waals surface area contributed by atoms with E-state index in [1.54, 1.807) is 11.3 Å². The van der Waals surface area contributed by atoms with E-state index in [-0.39, 0.29) is 11.9 Å². The van der Waals surface area contributed by atoms with Crippen molar-refractivity contribution in [2.75, 3.05) is 5.32 Å². The van der Waals surface area contributed by atoms with Crippen molar-refractivity contribution in [2.24, 2.45) is 0 Å². The number of fused-ring (bicyclic) bond motifs is 1. The fourth-order valence-corrected chi connectivity index (χ4v) is 3.73. The van der Waals surface area contributed by atoms with Crippen LogP contribution in [0, 0.1) is 6.92 Å². The molecule has 6 heteroatoms. The molecule has 25 heavy (non-hydrogen) atoms. The number of aromatic amines is 1. The van der Waals surface area contributed by atoms with Crippen LogP contribution in [0.1, 0.15) is 23.9 Å². The summed E-state index contributed by atoms with van der Waals surface area (Å²) in [5.41, 5.74) is 3.75. The van der Waals surface area contributed by atoms with Crippen LogP contribution >= 0.6 is 11.3 Å². The van der Waals surface area contributed by atoms with E-state index in [2.05, 4.69) is 31.3 Å². The summed E-state index contributed by atoms with van der Waals surface area (Å²) < 4.78 is 2.07. The molecule has 1 amide bonds. The van der Waals surface area contributed by atoms with Crippen LogP contribution < -0.4 is 5.32 Å². The first-order chi connectivity index (χ1) is 12.2.